The van der Waals surface area contributed by atoms with Gasteiger partial charge in [0.15, 0.2) is 0 Å². The average Bonchev–Trinajstić information content (AvgIpc) is 3.39. The monoisotopic (exact) mass is 299 g/mol. The number of nitrogens with one attached hydrogen (secondary N) is 1. The lowest BCUT2D eigenvalue weighted by molar-refractivity contribution is 0.133. The van der Waals surface area contributed by atoms with Gasteiger partial charge in [-0.15, -0.1) is 0 Å². The molecule has 0 aromatic heterocycles. The maximum atomic E-state index is 12.0. The fourth-order valence-electron chi connectivity index (χ4n) is 2.55. The van der Waals surface area contributed by atoms with E-state index in [0.29, 0.717) is 6.61 Å². The first-order valence-corrected chi connectivity index (χ1v) is 7.75. The van der Waals surface area contributed by atoms with Crippen LogP contribution in [0.15, 0.2) is 54.1 Å². The van der Waals surface area contributed by atoms with E-state index in [2.05, 4.69) is 23.5 Å². The molecule has 1 amide bonds. The Balaban J connectivity index is 1.49. The van der Waals surface area contributed by atoms with Crippen molar-refractivity contribution in [3.05, 3.63) is 59.7 Å². The van der Waals surface area contributed by atoms with Crippen LogP contribution in [0.5, 0.6) is 0 Å². The van der Waals surface area contributed by atoms with Crippen molar-refractivity contribution >= 4 is 6.09 Å². The Kier molecular flexibility index (Phi) is 4.91. The predicted molar refractivity (Wildman–Crippen MR) is 84.4 cm³/mol. The summed E-state index contributed by atoms with van der Waals surface area (Å²) in [7, 11) is 0. The van der Waals surface area contributed by atoms with Gasteiger partial charge in [0, 0.05) is 0 Å². The number of carbonyl (C=O) groups excluding carboxylic acids is 1. The summed E-state index contributed by atoms with van der Waals surface area (Å²) < 4.78 is 10.6. The van der Waals surface area contributed by atoms with Crippen LogP contribution in [0.25, 0.3) is 0 Å². The molecule has 3 rings (SSSR count). The molecule has 2 unspecified atom stereocenters. The third-order valence-corrected chi connectivity index (χ3v) is 3.85. The van der Waals surface area contributed by atoms with Crippen molar-refractivity contribution in [1.82, 2.24) is 5.32 Å². The van der Waals surface area contributed by atoms with E-state index in [1.807, 2.05) is 30.3 Å². The van der Waals surface area contributed by atoms with Gasteiger partial charge in [0.2, 0.25) is 0 Å². The van der Waals surface area contributed by atoms with Crippen LogP contribution in [0.2, 0.25) is 0 Å². The lowest BCUT2D eigenvalue weighted by Crippen LogP contribution is -2.39. The summed E-state index contributed by atoms with van der Waals surface area (Å²) in [6, 6.07) is 9.66. The number of rotatable bonds is 6. The Morgan fingerprint density at radius 2 is 2.14 bits per heavy atom. The van der Waals surface area contributed by atoms with Gasteiger partial charge in [-0.05, 0) is 24.8 Å². The molecule has 2 aliphatic rings. The van der Waals surface area contributed by atoms with Gasteiger partial charge in [-0.25, -0.2) is 4.79 Å². The molecule has 1 heterocycles. The van der Waals surface area contributed by atoms with Crippen LogP contribution in [0, 0.1) is 0 Å². The molecule has 1 aliphatic carbocycles. The summed E-state index contributed by atoms with van der Waals surface area (Å²) in [6.07, 6.45) is 9.23. The van der Waals surface area contributed by atoms with Crippen molar-refractivity contribution in [3.63, 3.8) is 0 Å². The highest BCUT2D eigenvalue weighted by Gasteiger charge is 2.34. The number of epoxide rings is 1. The van der Waals surface area contributed by atoms with Gasteiger partial charge in [0.1, 0.15) is 12.7 Å². The number of alkyl carbamates (subject to hydrolysis) is 1. The van der Waals surface area contributed by atoms with Crippen LogP contribution >= 0.6 is 0 Å². The quantitative estimate of drug-likeness (QED) is 0.820. The molecule has 2 atom stereocenters. The smallest absolute Gasteiger partial charge is 0.407 e. The number of hydrogen-bond donors (Lipinski definition) is 1. The molecule has 0 bridgehead atoms. The van der Waals surface area contributed by atoms with E-state index in [-0.39, 0.29) is 24.8 Å². The zero-order chi connectivity index (χ0) is 15.2. The van der Waals surface area contributed by atoms with Gasteiger partial charge in [-0.1, -0.05) is 54.1 Å². The molecule has 1 saturated heterocycles. The van der Waals surface area contributed by atoms with Crippen LogP contribution in [-0.2, 0) is 16.1 Å². The van der Waals surface area contributed by atoms with Gasteiger partial charge in [-0.3, -0.25) is 0 Å². The summed E-state index contributed by atoms with van der Waals surface area (Å²) in [5.74, 6) is 0. The summed E-state index contributed by atoms with van der Waals surface area (Å²) in [5, 5.41) is 2.94. The summed E-state index contributed by atoms with van der Waals surface area (Å²) in [5.41, 5.74) is 2.24. The summed E-state index contributed by atoms with van der Waals surface area (Å²) in [4.78, 5) is 12.0. The molecule has 1 aromatic carbocycles. The molecule has 1 aromatic rings. The molecular weight excluding hydrogens is 278 g/mol. The van der Waals surface area contributed by atoms with Crippen molar-refractivity contribution in [2.75, 3.05) is 6.61 Å². The highest BCUT2D eigenvalue weighted by molar-refractivity contribution is 5.67. The van der Waals surface area contributed by atoms with E-state index >= 15 is 0 Å². The highest BCUT2D eigenvalue weighted by atomic mass is 16.6. The fraction of sp³-hybridized carbons (Fsp3) is 0.389. The Bertz CT molecular complexity index is 561. The van der Waals surface area contributed by atoms with Crippen LogP contribution in [-0.4, -0.2) is 24.8 Å². The molecular formula is C18H21NO3. The molecule has 1 fully saturated rings. The number of ether oxygens (including phenoxy) is 2. The van der Waals surface area contributed by atoms with Crippen LogP contribution in [0.3, 0.4) is 0 Å². The van der Waals surface area contributed by atoms with Gasteiger partial charge < -0.3 is 14.8 Å². The van der Waals surface area contributed by atoms with Crippen molar-refractivity contribution in [2.24, 2.45) is 0 Å². The van der Waals surface area contributed by atoms with E-state index in [0.717, 1.165) is 24.8 Å². The predicted octanol–water partition coefficient (Wildman–Crippen LogP) is 3.35. The number of allylic oxidation sites excluding steroid dienone is 3. The highest BCUT2D eigenvalue weighted by Crippen LogP contribution is 2.23. The average molecular weight is 299 g/mol. The third-order valence-electron chi connectivity index (χ3n) is 3.85. The lowest BCUT2D eigenvalue weighted by Gasteiger charge is -2.18. The zero-order valence-electron chi connectivity index (χ0n) is 12.5. The maximum absolute atomic E-state index is 12.0. The van der Waals surface area contributed by atoms with Gasteiger partial charge >= 0.3 is 6.09 Å². The third kappa shape index (κ3) is 4.46. The van der Waals surface area contributed by atoms with Crippen molar-refractivity contribution in [2.45, 2.75) is 38.0 Å². The summed E-state index contributed by atoms with van der Waals surface area (Å²) >= 11 is 0. The van der Waals surface area contributed by atoms with Crippen molar-refractivity contribution < 1.29 is 14.3 Å². The molecule has 22 heavy (non-hydrogen) atoms. The van der Waals surface area contributed by atoms with Crippen LogP contribution in [0.1, 0.15) is 24.8 Å². The van der Waals surface area contributed by atoms with Gasteiger partial charge in [-0.2, -0.15) is 0 Å². The molecule has 0 spiro atoms. The Labute approximate surface area is 130 Å². The first-order valence-electron chi connectivity index (χ1n) is 7.75. The molecule has 0 saturated carbocycles. The topological polar surface area (TPSA) is 50.9 Å². The van der Waals surface area contributed by atoms with Crippen molar-refractivity contribution in [3.8, 4) is 0 Å². The normalized spacial score (nSPS) is 20.9. The molecule has 4 heteroatoms. The minimum atomic E-state index is -0.384. The minimum Gasteiger partial charge on any atom is -0.445 e. The maximum Gasteiger partial charge on any atom is 0.407 e. The Morgan fingerprint density at radius 1 is 1.32 bits per heavy atom. The molecule has 1 aliphatic heterocycles. The Hall–Kier alpha value is -2.07. The molecule has 116 valence electrons. The van der Waals surface area contributed by atoms with Gasteiger partial charge in [0.05, 0.1) is 12.6 Å². The largest absolute Gasteiger partial charge is 0.445 e. The van der Waals surface area contributed by atoms with Crippen molar-refractivity contribution in [1.29, 1.82) is 0 Å². The SMILES string of the molecule is O=C(NC(CC1=CCCC=C1)C1CO1)OCc1ccccc1. The number of benzene rings is 1. The lowest BCUT2D eigenvalue weighted by atomic mass is 9.99. The van der Waals surface area contributed by atoms with Gasteiger partial charge in [0.25, 0.3) is 0 Å². The zero-order valence-corrected chi connectivity index (χ0v) is 12.5. The number of amides is 1. The first-order chi connectivity index (χ1) is 10.8. The van der Waals surface area contributed by atoms with E-state index in [4.69, 9.17) is 9.47 Å². The fourth-order valence-corrected chi connectivity index (χ4v) is 2.55. The second-order valence-electron chi connectivity index (χ2n) is 5.65. The van der Waals surface area contributed by atoms with E-state index in [9.17, 15) is 4.79 Å². The number of carbonyl (C=O) groups is 1. The second kappa shape index (κ2) is 7.27. The number of hydrogen-bond acceptors (Lipinski definition) is 3. The second-order valence-corrected chi connectivity index (χ2v) is 5.65. The standard InChI is InChI=1S/C18H21NO3/c20-18(22-12-15-9-5-2-6-10-15)19-16(17-13-21-17)11-14-7-3-1-4-8-14/h2-3,5-10,16-17H,1,4,11-13H2,(H,19,20). The van der Waals surface area contributed by atoms with Crippen LogP contribution in [0.4, 0.5) is 4.79 Å². The summed E-state index contributed by atoms with van der Waals surface area (Å²) in [6.45, 7) is 0.994. The van der Waals surface area contributed by atoms with E-state index in [1.54, 1.807) is 0 Å². The molecule has 1 N–H and O–H groups in total. The Morgan fingerprint density at radius 3 is 2.82 bits per heavy atom. The van der Waals surface area contributed by atoms with Crippen LogP contribution < -0.4 is 5.32 Å². The first kappa shape index (κ1) is 14.9. The van der Waals surface area contributed by atoms with E-state index < -0.39 is 0 Å². The van der Waals surface area contributed by atoms with E-state index in [1.165, 1.54) is 5.57 Å². The minimum absolute atomic E-state index is 0.0164. The molecule has 4 nitrogen and oxygen atoms in total. The molecule has 0 radical (unpaired) electrons.